The van der Waals surface area contributed by atoms with Gasteiger partial charge in [0.15, 0.2) is 17.3 Å². The number of likely N-dealkylation sites (N-methyl/N-ethyl adjacent to an activating group) is 1. The Kier molecular flexibility index (Phi) is 6.72. The van der Waals surface area contributed by atoms with Crippen LogP contribution in [0.2, 0.25) is 0 Å². The Balaban J connectivity index is 1.45. The van der Waals surface area contributed by atoms with E-state index in [2.05, 4.69) is 66.5 Å². The van der Waals surface area contributed by atoms with Crippen LogP contribution >= 0.6 is 0 Å². The second-order valence-electron chi connectivity index (χ2n) is 9.40. The number of nitrogens with one attached hydrogen (secondary N) is 2. The van der Waals surface area contributed by atoms with E-state index in [0.29, 0.717) is 28.6 Å². The number of hydrogen-bond donors (Lipinski definition) is 3. The fraction of sp³-hybridized carbons (Fsp3) is 0.346. The Morgan fingerprint density at radius 2 is 1.76 bits per heavy atom. The van der Waals surface area contributed by atoms with Crippen LogP contribution in [0.3, 0.4) is 0 Å². The predicted molar refractivity (Wildman–Crippen MR) is 145 cm³/mol. The summed E-state index contributed by atoms with van der Waals surface area (Å²) >= 11 is 0. The number of hydrogen-bond acceptors (Lipinski definition) is 9. The quantitative estimate of drug-likeness (QED) is 0.350. The summed E-state index contributed by atoms with van der Waals surface area (Å²) < 4.78 is 1.87. The summed E-state index contributed by atoms with van der Waals surface area (Å²) in [7, 11) is 5.81. The van der Waals surface area contributed by atoms with Gasteiger partial charge in [0, 0.05) is 58.2 Å². The molecule has 0 spiro atoms. The summed E-state index contributed by atoms with van der Waals surface area (Å²) in [4.78, 5) is 35.4. The van der Waals surface area contributed by atoms with Crippen LogP contribution in [-0.2, 0) is 7.05 Å². The molecule has 1 saturated heterocycles. The summed E-state index contributed by atoms with van der Waals surface area (Å²) in [6, 6.07) is 8.49. The Labute approximate surface area is 215 Å². The lowest BCUT2D eigenvalue weighted by molar-refractivity contribution is 0.0996. The number of fused-ring (bicyclic) bond motifs is 1. The monoisotopic (exact) mass is 500 g/mol. The molecule has 4 heterocycles. The predicted octanol–water partition coefficient (Wildman–Crippen LogP) is 2.62. The lowest BCUT2D eigenvalue weighted by Gasteiger charge is -2.36. The van der Waals surface area contributed by atoms with E-state index in [4.69, 9.17) is 5.73 Å². The number of primary amides is 1. The molecule has 0 aliphatic carbocycles. The number of rotatable bonds is 7. The van der Waals surface area contributed by atoms with Crippen LogP contribution in [0.1, 0.15) is 29.0 Å². The zero-order valence-electron chi connectivity index (χ0n) is 21.6. The first kappa shape index (κ1) is 24.6. The highest BCUT2D eigenvalue weighted by atomic mass is 16.1. The maximum Gasteiger partial charge on any atom is 0.271 e. The summed E-state index contributed by atoms with van der Waals surface area (Å²) in [6.45, 7) is 6.49. The topological polar surface area (TPSA) is 130 Å². The molecule has 11 heteroatoms. The minimum absolute atomic E-state index is 0.0387. The van der Waals surface area contributed by atoms with E-state index < -0.39 is 5.91 Å². The summed E-state index contributed by atoms with van der Waals surface area (Å²) in [5.41, 5.74) is 10.5. The molecule has 4 aromatic rings. The van der Waals surface area contributed by atoms with Gasteiger partial charge in [-0.2, -0.15) is 0 Å². The van der Waals surface area contributed by atoms with Gasteiger partial charge in [0.05, 0.1) is 23.6 Å². The van der Waals surface area contributed by atoms with Crippen molar-refractivity contribution < 1.29 is 4.79 Å². The molecule has 3 aromatic heterocycles. The molecule has 11 nitrogen and oxygen atoms in total. The first-order valence-electron chi connectivity index (χ1n) is 12.3. The van der Waals surface area contributed by atoms with Crippen molar-refractivity contribution in [1.82, 2.24) is 34.3 Å². The SMILES string of the molecule is CNc1nc(Nc2ccc([C@@H](C)N3CCN(C)CC3)cc2)c(C(N)=O)nc1-c1cncc2c1ncn2C. The third-order valence-electron chi connectivity index (χ3n) is 7.00. The number of aryl methyl sites for hydroxylation is 1. The van der Waals surface area contributed by atoms with Gasteiger partial charge in [-0.25, -0.2) is 15.0 Å². The van der Waals surface area contributed by atoms with E-state index in [1.54, 1.807) is 25.8 Å². The molecule has 1 amide bonds. The highest BCUT2D eigenvalue weighted by molar-refractivity contribution is 5.99. The number of benzene rings is 1. The number of aromatic nitrogens is 5. The second-order valence-corrected chi connectivity index (χ2v) is 9.40. The number of amides is 1. The molecule has 4 N–H and O–H groups in total. The van der Waals surface area contributed by atoms with Gasteiger partial charge in [0.1, 0.15) is 11.2 Å². The van der Waals surface area contributed by atoms with E-state index in [9.17, 15) is 4.79 Å². The normalized spacial score (nSPS) is 15.6. The molecule has 0 saturated carbocycles. The molecule has 1 atom stereocenters. The van der Waals surface area contributed by atoms with Crippen LogP contribution in [0.25, 0.3) is 22.3 Å². The zero-order valence-corrected chi connectivity index (χ0v) is 21.6. The van der Waals surface area contributed by atoms with Crippen molar-refractivity contribution in [2.45, 2.75) is 13.0 Å². The molecule has 5 rings (SSSR count). The van der Waals surface area contributed by atoms with Crippen molar-refractivity contribution in [3.05, 3.63) is 54.2 Å². The van der Waals surface area contributed by atoms with Crippen molar-refractivity contribution >= 4 is 34.3 Å². The van der Waals surface area contributed by atoms with Gasteiger partial charge >= 0.3 is 0 Å². The molecular formula is C26H32N10O. The van der Waals surface area contributed by atoms with Gasteiger partial charge in [-0.1, -0.05) is 12.1 Å². The van der Waals surface area contributed by atoms with Crippen molar-refractivity contribution in [3.8, 4) is 11.3 Å². The molecule has 0 unspecified atom stereocenters. The third kappa shape index (κ3) is 4.83. The number of carbonyl (C=O) groups is 1. The summed E-state index contributed by atoms with van der Waals surface area (Å²) in [5.74, 6) is 0.0785. The Morgan fingerprint density at radius 1 is 1.03 bits per heavy atom. The average Bonchev–Trinajstić information content (AvgIpc) is 3.29. The minimum Gasteiger partial charge on any atom is -0.371 e. The Hall–Kier alpha value is -4.09. The van der Waals surface area contributed by atoms with E-state index in [1.807, 2.05) is 23.7 Å². The number of imidazole rings is 1. The van der Waals surface area contributed by atoms with Crippen LogP contribution < -0.4 is 16.4 Å². The zero-order chi connectivity index (χ0) is 26.1. The first-order valence-corrected chi connectivity index (χ1v) is 12.3. The fourth-order valence-electron chi connectivity index (χ4n) is 4.67. The van der Waals surface area contributed by atoms with Crippen molar-refractivity contribution in [2.24, 2.45) is 12.8 Å². The molecule has 0 bridgehead atoms. The molecule has 37 heavy (non-hydrogen) atoms. The number of pyridine rings is 1. The molecule has 1 aliphatic heterocycles. The number of piperazine rings is 1. The maximum atomic E-state index is 12.4. The van der Waals surface area contributed by atoms with Crippen molar-refractivity contribution in [2.75, 3.05) is 50.9 Å². The molecule has 1 fully saturated rings. The first-order chi connectivity index (χ1) is 17.9. The van der Waals surface area contributed by atoms with Crippen LogP contribution in [0.5, 0.6) is 0 Å². The van der Waals surface area contributed by atoms with E-state index >= 15 is 0 Å². The van der Waals surface area contributed by atoms with Crippen molar-refractivity contribution in [3.63, 3.8) is 0 Å². The second kappa shape index (κ2) is 10.1. The van der Waals surface area contributed by atoms with Crippen LogP contribution in [-0.4, -0.2) is 80.5 Å². The van der Waals surface area contributed by atoms with E-state index in [-0.39, 0.29) is 11.5 Å². The summed E-state index contributed by atoms with van der Waals surface area (Å²) in [6.07, 6.45) is 5.11. The lowest BCUT2D eigenvalue weighted by atomic mass is 10.1. The Bertz CT molecular complexity index is 1420. The maximum absolute atomic E-state index is 12.4. The van der Waals surface area contributed by atoms with E-state index in [0.717, 1.165) is 37.4 Å². The molecular weight excluding hydrogens is 468 g/mol. The minimum atomic E-state index is -0.680. The molecule has 1 aromatic carbocycles. The Morgan fingerprint density at radius 3 is 2.43 bits per heavy atom. The smallest absolute Gasteiger partial charge is 0.271 e. The lowest BCUT2D eigenvalue weighted by Crippen LogP contribution is -2.45. The van der Waals surface area contributed by atoms with Gasteiger partial charge < -0.3 is 25.8 Å². The van der Waals surface area contributed by atoms with Crippen LogP contribution in [0.15, 0.2) is 43.0 Å². The van der Waals surface area contributed by atoms with Gasteiger partial charge in [0.2, 0.25) is 0 Å². The molecule has 1 aliphatic rings. The van der Waals surface area contributed by atoms with Gasteiger partial charge in [-0.3, -0.25) is 14.7 Å². The number of anilines is 3. The molecule has 0 radical (unpaired) electrons. The van der Waals surface area contributed by atoms with Crippen molar-refractivity contribution in [1.29, 1.82) is 0 Å². The van der Waals surface area contributed by atoms with E-state index in [1.165, 1.54) is 5.56 Å². The highest BCUT2D eigenvalue weighted by Gasteiger charge is 2.22. The number of nitrogens with two attached hydrogens (primary N) is 1. The van der Waals surface area contributed by atoms with Gasteiger partial charge in [-0.15, -0.1) is 0 Å². The van der Waals surface area contributed by atoms with Gasteiger partial charge in [0.25, 0.3) is 5.91 Å². The highest BCUT2D eigenvalue weighted by Crippen LogP contribution is 2.32. The molecule has 192 valence electrons. The fourth-order valence-corrected chi connectivity index (χ4v) is 4.67. The van der Waals surface area contributed by atoms with Crippen LogP contribution in [0.4, 0.5) is 17.3 Å². The average molecular weight is 501 g/mol. The number of nitrogens with zero attached hydrogens (tertiary/aromatic N) is 7. The van der Waals surface area contributed by atoms with Crippen LogP contribution in [0, 0.1) is 0 Å². The number of carbonyl (C=O) groups excluding carboxylic acids is 1. The van der Waals surface area contributed by atoms with Gasteiger partial charge in [-0.05, 0) is 31.7 Å². The largest absolute Gasteiger partial charge is 0.371 e. The third-order valence-corrected chi connectivity index (χ3v) is 7.00. The summed E-state index contributed by atoms with van der Waals surface area (Å²) in [5, 5.41) is 6.31. The standard InChI is InChI=1S/C26H32N10O/c1-16(36-11-9-34(3)10-12-36)17-5-7-18(8-6-17)31-26-23(24(27)37)32-22(25(28-2)33-26)19-13-29-14-20-21(19)30-15-35(20)4/h5-8,13-16H,9-12H2,1-4H3,(H2,27,37)(H2,28,31,33)/t16-/m1/s1.